The van der Waals surface area contributed by atoms with Gasteiger partial charge in [0.05, 0.1) is 0 Å². The molecule has 0 aliphatic heterocycles. The zero-order valence-electron chi connectivity index (χ0n) is 11.7. The molecule has 18 heavy (non-hydrogen) atoms. The zero-order valence-corrected chi connectivity index (χ0v) is 11.7. The number of rotatable bonds is 10. The summed E-state index contributed by atoms with van der Waals surface area (Å²) >= 11 is 0. The van der Waals surface area contributed by atoms with E-state index < -0.39 is 0 Å². The van der Waals surface area contributed by atoms with E-state index in [4.69, 9.17) is 5.73 Å². The Morgan fingerprint density at radius 2 is 1.89 bits per heavy atom. The molecule has 1 unspecified atom stereocenters. The van der Waals surface area contributed by atoms with Gasteiger partial charge in [0.2, 0.25) is 0 Å². The normalized spacial score (nSPS) is 12.6. The molecule has 1 aromatic rings. The smallest absolute Gasteiger partial charge is 0.0205 e. The van der Waals surface area contributed by atoms with Gasteiger partial charge < -0.3 is 11.1 Å². The Morgan fingerprint density at radius 3 is 2.56 bits per heavy atom. The van der Waals surface area contributed by atoms with Crippen LogP contribution in [0.2, 0.25) is 0 Å². The van der Waals surface area contributed by atoms with Crippen molar-refractivity contribution in [2.24, 2.45) is 11.7 Å². The fourth-order valence-electron chi connectivity index (χ4n) is 2.42. The molecule has 1 aromatic carbocycles. The molecule has 0 bridgehead atoms. The average molecular weight is 248 g/mol. The lowest BCUT2D eigenvalue weighted by Gasteiger charge is -2.15. The Morgan fingerprint density at radius 1 is 1.11 bits per heavy atom. The minimum atomic E-state index is 0.832. The molecule has 0 saturated carbocycles. The van der Waals surface area contributed by atoms with E-state index in [9.17, 15) is 0 Å². The minimum absolute atomic E-state index is 0.832. The number of benzene rings is 1. The molecule has 0 saturated heterocycles. The van der Waals surface area contributed by atoms with Gasteiger partial charge in [-0.05, 0) is 43.8 Å². The van der Waals surface area contributed by atoms with Crippen LogP contribution in [-0.4, -0.2) is 13.1 Å². The van der Waals surface area contributed by atoms with Gasteiger partial charge in [-0.2, -0.15) is 0 Å². The number of nitrogens with one attached hydrogen (secondary N) is 1. The standard InChI is InChI=1S/C16H28N2/c1-2-7-15(11-12-17)10-6-13-18-14-16-8-4-3-5-9-16/h3-5,8-9,15,18H,2,6-7,10-14,17H2,1H3. The summed E-state index contributed by atoms with van der Waals surface area (Å²) in [5, 5.41) is 3.51. The summed E-state index contributed by atoms with van der Waals surface area (Å²) in [4.78, 5) is 0. The molecule has 1 rings (SSSR count). The third-order valence-electron chi connectivity index (χ3n) is 3.41. The lowest BCUT2D eigenvalue weighted by molar-refractivity contribution is 0.403. The van der Waals surface area contributed by atoms with Gasteiger partial charge in [0.15, 0.2) is 0 Å². The van der Waals surface area contributed by atoms with Gasteiger partial charge in [0.25, 0.3) is 0 Å². The van der Waals surface area contributed by atoms with Crippen LogP contribution in [0.15, 0.2) is 30.3 Å². The van der Waals surface area contributed by atoms with Crippen molar-refractivity contribution in [1.29, 1.82) is 0 Å². The van der Waals surface area contributed by atoms with E-state index in [-0.39, 0.29) is 0 Å². The van der Waals surface area contributed by atoms with Crippen LogP contribution in [-0.2, 0) is 6.54 Å². The summed E-state index contributed by atoms with van der Waals surface area (Å²) in [7, 11) is 0. The average Bonchev–Trinajstić information content (AvgIpc) is 2.40. The second kappa shape index (κ2) is 10.1. The Labute approximate surface area is 112 Å². The van der Waals surface area contributed by atoms with Gasteiger partial charge >= 0.3 is 0 Å². The first-order valence-electron chi connectivity index (χ1n) is 7.31. The predicted octanol–water partition coefficient (Wildman–Crippen LogP) is 3.32. The van der Waals surface area contributed by atoms with E-state index in [1.165, 1.54) is 37.7 Å². The first-order chi connectivity index (χ1) is 8.86. The van der Waals surface area contributed by atoms with Crippen LogP contribution >= 0.6 is 0 Å². The monoisotopic (exact) mass is 248 g/mol. The van der Waals surface area contributed by atoms with E-state index in [1.807, 2.05) is 0 Å². The van der Waals surface area contributed by atoms with Gasteiger partial charge in [-0.25, -0.2) is 0 Å². The summed E-state index contributed by atoms with van der Waals surface area (Å²) in [6.07, 6.45) is 6.37. The molecular formula is C16H28N2. The highest BCUT2D eigenvalue weighted by molar-refractivity contribution is 5.14. The molecule has 2 nitrogen and oxygen atoms in total. The third-order valence-corrected chi connectivity index (χ3v) is 3.41. The van der Waals surface area contributed by atoms with Crippen LogP contribution in [0, 0.1) is 5.92 Å². The second-order valence-electron chi connectivity index (χ2n) is 5.04. The fourth-order valence-corrected chi connectivity index (χ4v) is 2.42. The number of nitrogens with two attached hydrogens (primary N) is 1. The maximum absolute atomic E-state index is 5.65. The molecule has 1 atom stereocenters. The molecule has 0 spiro atoms. The van der Waals surface area contributed by atoms with Crippen molar-refractivity contribution in [3.05, 3.63) is 35.9 Å². The van der Waals surface area contributed by atoms with E-state index >= 15 is 0 Å². The minimum Gasteiger partial charge on any atom is -0.330 e. The van der Waals surface area contributed by atoms with Gasteiger partial charge in [-0.15, -0.1) is 0 Å². The summed E-state index contributed by atoms with van der Waals surface area (Å²) in [6, 6.07) is 10.6. The van der Waals surface area contributed by atoms with Crippen LogP contribution in [0.3, 0.4) is 0 Å². The zero-order chi connectivity index (χ0) is 13.1. The van der Waals surface area contributed by atoms with Crippen molar-refractivity contribution in [2.45, 2.75) is 45.6 Å². The largest absolute Gasteiger partial charge is 0.330 e. The van der Waals surface area contributed by atoms with Crippen LogP contribution in [0.25, 0.3) is 0 Å². The summed E-state index contributed by atoms with van der Waals surface area (Å²) < 4.78 is 0. The summed E-state index contributed by atoms with van der Waals surface area (Å²) in [6.45, 7) is 5.19. The lowest BCUT2D eigenvalue weighted by Crippen LogP contribution is -2.16. The Kier molecular flexibility index (Phi) is 8.53. The van der Waals surface area contributed by atoms with E-state index in [1.54, 1.807) is 0 Å². The molecule has 0 aliphatic rings. The van der Waals surface area contributed by atoms with Gasteiger partial charge in [0.1, 0.15) is 0 Å². The molecule has 0 radical (unpaired) electrons. The van der Waals surface area contributed by atoms with Gasteiger partial charge in [-0.3, -0.25) is 0 Å². The fraction of sp³-hybridized carbons (Fsp3) is 0.625. The highest BCUT2D eigenvalue weighted by Crippen LogP contribution is 2.16. The van der Waals surface area contributed by atoms with Crippen LogP contribution in [0.1, 0.15) is 44.6 Å². The van der Waals surface area contributed by atoms with E-state index in [0.29, 0.717) is 0 Å². The van der Waals surface area contributed by atoms with Crippen molar-refractivity contribution in [2.75, 3.05) is 13.1 Å². The maximum Gasteiger partial charge on any atom is 0.0205 e. The molecule has 2 heteroatoms. The predicted molar refractivity (Wildman–Crippen MR) is 79.5 cm³/mol. The first kappa shape index (κ1) is 15.2. The molecule has 3 N–H and O–H groups in total. The van der Waals surface area contributed by atoms with Crippen molar-refractivity contribution in [3.8, 4) is 0 Å². The Balaban J connectivity index is 2.06. The summed E-state index contributed by atoms with van der Waals surface area (Å²) in [5.74, 6) is 0.832. The number of hydrogen-bond acceptors (Lipinski definition) is 2. The Bertz CT molecular complexity index is 278. The molecule has 102 valence electrons. The van der Waals surface area contributed by atoms with Crippen molar-refractivity contribution >= 4 is 0 Å². The third kappa shape index (κ3) is 6.77. The highest BCUT2D eigenvalue weighted by atomic mass is 14.8. The van der Waals surface area contributed by atoms with Crippen LogP contribution in [0.4, 0.5) is 0 Å². The lowest BCUT2D eigenvalue weighted by atomic mass is 9.94. The van der Waals surface area contributed by atoms with E-state index in [0.717, 1.165) is 25.6 Å². The topological polar surface area (TPSA) is 38.0 Å². The van der Waals surface area contributed by atoms with E-state index in [2.05, 4.69) is 42.6 Å². The van der Waals surface area contributed by atoms with Crippen LogP contribution in [0.5, 0.6) is 0 Å². The highest BCUT2D eigenvalue weighted by Gasteiger charge is 2.05. The quantitative estimate of drug-likeness (QED) is 0.623. The first-order valence-corrected chi connectivity index (χ1v) is 7.31. The summed E-state index contributed by atoms with van der Waals surface area (Å²) in [5.41, 5.74) is 7.02. The maximum atomic E-state index is 5.65. The molecular weight excluding hydrogens is 220 g/mol. The molecule has 0 fully saturated rings. The molecule has 0 amide bonds. The van der Waals surface area contributed by atoms with Gasteiger partial charge in [0, 0.05) is 6.54 Å². The SMILES string of the molecule is CCCC(CCN)CCCNCc1ccccc1. The second-order valence-corrected chi connectivity index (χ2v) is 5.04. The molecule has 0 aromatic heterocycles. The van der Waals surface area contributed by atoms with Crippen molar-refractivity contribution in [3.63, 3.8) is 0 Å². The number of hydrogen-bond donors (Lipinski definition) is 2. The van der Waals surface area contributed by atoms with Crippen molar-refractivity contribution < 1.29 is 0 Å². The Hall–Kier alpha value is -0.860. The van der Waals surface area contributed by atoms with Crippen LogP contribution < -0.4 is 11.1 Å². The molecule has 0 aliphatic carbocycles. The van der Waals surface area contributed by atoms with Gasteiger partial charge in [-0.1, -0.05) is 50.1 Å². The van der Waals surface area contributed by atoms with Crippen molar-refractivity contribution in [1.82, 2.24) is 5.32 Å². The molecule has 0 heterocycles.